The van der Waals surface area contributed by atoms with Gasteiger partial charge in [-0.25, -0.2) is 4.79 Å². The van der Waals surface area contributed by atoms with Crippen molar-refractivity contribution in [3.05, 3.63) is 51.3 Å². The fourth-order valence-electron chi connectivity index (χ4n) is 4.24. The highest BCUT2D eigenvalue weighted by molar-refractivity contribution is 5.90. The van der Waals surface area contributed by atoms with Gasteiger partial charge in [0.1, 0.15) is 11.3 Å². The Morgan fingerprint density at radius 3 is 2.67 bits per heavy atom. The zero-order valence-corrected chi connectivity index (χ0v) is 15.4. The summed E-state index contributed by atoms with van der Waals surface area (Å²) in [5, 5.41) is 0. The van der Waals surface area contributed by atoms with E-state index in [-0.39, 0.29) is 23.1 Å². The Morgan fingerprint density at radius 1 is 1.30 bits per heavy atom. The van der Waals surface area contributed by atoms with E-state index in [1.54, 1.807) is 19.2 Å². The molecule has 2 heterocycles. The predicted molar refractivity (Wildman–Crippen MR) is 99.6 cm³/mol. The van der Waals surface area contributed by atoms with Crippen molar-refractivity contribution in [2.45, 2.75) is 38.1 Å². The van der Waals surface area contributed by atoms with Crippen LogP contribution >= 0.6 is 0 Å². The summed E-state index contributed by atoms with van der Waals surface area (Å²) in [5.74, 6) is -0.117. The van der Waals surface area contributed by atoms with E-state index >= 15 is 0 Å². The minimum Gasteiger partial charge on any atom is -0.496 e. The van der Waals surface area contributed by atoms with E-state index in [9.17, 15) is 14.4 Å². The number of fused-ring (bicyclic) bond motifs is 4. The van der Waals surface area contributed by atoms with Crippen LogP contribution in [0.3, 0.4) is 0 Å². The monoisotopic (exact) mass is 367 g/mol. The Kier molecular flexibility index (Phi) is 4.13. The standard InChI is InChI=1S/C21H21NO5/c1-3-27-20(25)16-11-22-17(9-18(16)24)15-8-19(26-2)14(12-23)7-13(15)10-21(22)5-4-6-21/h7-9,11-12H,3-6,10H2,1-2H3. The van der Waals surface area contributed by atoms with Gasteiger partial charge in [0.25, 0.3) is 0 Å². The number of aromatic nitrogens is 1. The number of ether oxygens (including phenoxy) is 2. The number of esters is 1. The number of nitrogens with zero attached hydrogens (tertiary/aromatic N) is 1. The average Bonchev–Trinajstić information content (AvgIpc) is 2.64. The number of carbonyl (C=O) groups excluding carboxylic acids is 2. The molecule has 1 spiro atoms. The molecule has 0 amide bonds. The summed E-state index contributed by atoms with van der Waals surface area (Å²) in [6.45, 7) is 1.94. The minimum absolute atomic E-state index is 0.0619. The molecule has 1 aromatic heterocycles. The number of benzene rings is 1. The highest BCUT2D eigenvalue weighted by Crippen LogP contribution is 2.49. The Labute approximate surface area is 156 Å². The number of hydrogen-bond acceptors (Lipinski definition) is 5. The molecule has 6 nitrogen and oxygen atoms in total. The number of pyridine rings is 1. The first-order valence-corrected chi connectivity index (χ1v) is 9.14. The maximum absolute atomic E-state index is 12.6. The second-order valence-corrected chi connectivity index (χ2v) is 7.15. The highest BCUT2D eigenvalue weighted by atomic mass is 16.5. The molecule has 1 aromatic carbocycles. The second kappa shape index (κ2) is 6.37. The minimum atomic E-state index is -0.591. The Morgan fingerprint density at radius 2 is 2.07 bits per heavy atom. The van der Waals surface area contributed by atoms with Crippen molar-refractivity contribution >= 4 is 12.3 Å². The first-order chi connectivity index (χ1) is 13.0. The third-order valence-corrected chi connectivity index (χ3v) is 5.72. The van der Waals surface area contributed by atoms with Crippen molar-refractivity contribution in [2.24, 2.45) is 0 Å². The second-order valence-electron chi connectivity index (χ2n) is 7.15. The van der Waals surface area contributed by atoms with Crippen LogP contribution in [0.2, 0.25) is 0 Å². The van der Waals surface area contributed by atoms with Gasteiger partial charge in [0.15, 0.2) is 11.7 Å². The van der Waals surface area contributed by atoms with Gasteiger partial charge in [-0.2, -0.15) is 0 Å². The number of methoxy groups -OCH3 is 1. The molecule has 140 valence electrons. The Hall–Kier alpha value is -2.89. The van der Waals surface area contributed by atoms with E-state index in [1.807, 2.05) is 6.07 Å². The van der Waals surface area contributed by atoms with Gasteiger partial charge in [-0.05, 0) is 50.3 Å². The molecule has 1 fully saturated rings. The molecule has 6 heteroatoms. The third-order valence-electron chi connectivity index (χ3n) is 5.72. The van der Waals surface area contributed by atoms with Crippen LogP contribution in [0.25, 0.3) is 11.3 Å². The average molecular weight is 367 g/mol. The van der Waals surface area contributed by atoms with Crippen LogP contribution in [0.5, 0.6) is 5.75 Å². The molecule has 0 unspecified atom stereocenters. The quantitative estimate of drug-likeness (QED) is 0.614. The van der Waals surface area contributed by atoms with Gasteiger partial charge in [-0.3, -0.25) is 9.59 Å². The van der Waals surface area contributed by atoms with Gasteiger partial charge in [-0.1, -0.05) is 0 Å². The van der Waals surface area contributed by atoms with Gasteiger partial charge in [0, 0.05) is 23.4 Å². The molecule has 0 N–H and O–H groups in total. The third kappa shape index (κ3) is 2.59. The molecule has 27 heavy (non-hydrogen) atoms. The number of rotatable bonds is 4. The van der Waals surface area contributed by atoms with Crippen LogP contribution in [0.15, 0.2) is 29.2 Å². The molecule has 1 aliphatic carbocycles. The fourth-order valence-corrected chi connectivity index (χ4v) is 4.24. The lowest BCUT2D eigenvalue weighted by Gasteiger charge is -2.48. The highest BCUT2D eigenvalue weighted by Gasteiger charge is 2.43. The van der Waals surface area contributed by atoms with Crippen LogP contribution in [0.4, 0.5) is 0 Å². The van der Waals surface area contributed by atoms with E-state index in [1.165, 1.54) is 13.2 Å². The summed E-state index contributed by atoms with van der Waals surface area (Å²) in [7, 11) is 1.52. The van der Waals surface area contributed by atoms with Crippen LogP contribution < -0.4 is 10.2 Å². The van der Waals surface area contributed by atoms with Gasteiger partial charge in [0.05, 0.1) is 25.0 Å². The van der Waals surface area contributed by atoms with Crippen molar-refractivity contribution in [1.29, 1.82) is 0 Å². The summed E-state index contributed by atoms with van der Waals surface area (Å²) in [6.07, 6.45) is 6.22. The summed E-state index contributed by atoms with van der Waals surface area (Å²) < 4.78 is 12.4. The largest absolute Gasteiger partial charge is 0.496 e. The van der Waals surface area contributed by atoms with Crippen molar-refractivity contribution < 1.29 is 19.1 Å². The normalized spacial score (nSPS) is 16.1. The lowest BCUT2D eigenvalue weighted by atomic mass is 9.69. The van der Waals surface area contributed by atoms with Gasteiger partial charge >= 0.3 is 5.97 Å². The van der Waals surface area contributed by atoms with E-state index in [0.717, 1.165) is 48.8 Å². The topological polar surface area (TPSA) is 74.6 Å². The van der Waals surface area contributed by atoms with E-state index in [0.29, 0.717) is 11.3 Å². The summed E-state index contributed by atoms with van der Waals surface area (Å²) in [5.41, 5.74) is 2.69. The molecule has 1 aliphatic heterocycles. The van der Waals surface area contributed by atoms with E-state index < -0.39 is 5.97 Å². The first-order valence-electron chi connectivity index (χ1n) is 9.14. The molecule has 4 rings (SSSR count). The summed E-state index contributed by atoms with van der Waals surface area (Å²) in [4.78, 5) is 36.2. The molecular formula is C21H21NO5. The maximum atomic E-state index is 12.6. The molecule has 2 aliphatic rings. The molecule has 2 aromatic rings. The van der Waals surface area contributed by atoms with Crippen LogP contribution in [-0.2, 0) is 16.7 Å². The molecule has 0 atom stereocenters. The van der Waals surface area contributed by atoms with Gasteiger partial charge in [-0.15, -0.1) is 0 Å². The molecule has 1 saturated carbocycles. The van der Waals surface area contributed by atoms with Gasteiger partial charge in [0.2, 0.25) is 0 Å². The smallest absolute Gasteiger partial charge is 0.343 e. The van der Waals surface area contributed by atoms with Crippen LogP contribution in [0, 0.1) is 0 Å². The number of hydrogen-bond donors (Lipinski definition) is 0. The zero-order chi connectivity index (χ0) is 19.2. The van der Waals surface area contributed by atoms with E-state index in [2.05, 4.69) is 4.57 Å². The molecule has 0 radical (unpaired) electrons. The SMILES string of the molecule is CCOC(=O)c1cn2c(cc1=O)-c1cc(OC)c(C=O)cc1CC21CCC1. The fraction of sp³-hybridized carbons (Fsp3) is 0.381. The Bertz CT molecular complexity index is 1000. The van der Waals surface area contributed by atoms with Crippen LogP contribution in [-0.4, -0.2) is 30.5 Å². The predicted octanol–water partition coefficient (Wildman–Crippen LogP) is 2.95. The van der Waals surface area contributed by atoms with Crippen molar-refractivity contribution in [3.8, 4) is 17.0 Å². The van der Waals surface area contributed by atoms with Crippen LogP contribution in [0.1, 0.15) is 52.5 Å². The van der Waals surface area contributed by atoms with Gasteiger partial charge < -0.3 is 14.0 Å². The molecule has 0 bridgehead atoms. The molecular weight excluding hydrogens is 346 g/mol. The number of carbonyl (C=O) groups is 2. The first kappa shape index (κ1) is 17.5. The van der Waals surface area contributed by atoms with E-state index in [4.69, 9.17) is 9.47 Å². The Balaban J connectivity index is 1.96. The summed E-state index contributed by atoms with van der Waals surface area (Å²) in [6, 6.07) is 5.17. The maximum Gasteiger partial charge on any atom is 0.343 e. The lowest BCUT2D eigenvalue weighted by Crippen LogP contribution is -2.46. The van der Waals surface area contributed by atoms with Crippen molar-refractivity contribution in [2.75, 3.05) is 13.7 Å². The number of aldehydes is 1. The molecule has 0 saturated heterocycles. The zero-order valence-electron chi connectivity index (χ0n) is 15.4. The van der Waals surface area contributed by atoms with Crippen molar-refractivity contribution in [1.82, 2.24) is 4.57 Å². The van der Waals surface area contributed by atoms with Crippen molar-refractivity contribution in [3.63, 3.8) is 0 Å². The summed E-state index contributed by atoms with van der Waals surface area (Å²) >= 11 is 0. The lowest BCUT2D eigenvalue weighted by molar-refractivity contribution is 0.0521.